The first-order chi connectivity index (χ1) is 10.6. The summed E-state index contributed by atoms with van der Waals surface area (Å²) in [5.74, 6) is 0.0167. The van der Waals surface area contributed by atoms with Crippen LogP contribution in [0.4, 0.5) is 0 Å². The second-order valence-electron chi connectivity index (χ2n) is 5.62. The number of likely N-dealkylation sites (N-methyl/N-ethyl adjacent to an activating group) is 1. The maximum Gasteiger partial charge on any atom is 0.271 e. The first-order valence-corrected chi connectivity index (χ1v) is 7.80. The van der Waals surface area contributed by atoms with E-state index in [9.17, 15) is 4.79 Å². The van der Waals surface area contributed by atoms with Crippen molar-refractivity contribution < 1.29 is 4.79 Å². The van der Waals surface area contributed by atoms with Gasteiger partial charge >= 0.3 is 0 Å². The van der Waals surface area contributed by atoms with Crippen molar-refractivity contribution in [3.8, 4) is 11.3 Å². The minimum Gasteiger partial charge on any atom is -0.336 e. The molecule has 5 nitrogen and oxygen atoms in total. The summed E-state index contributed by atoms with van der Waals surface area (Å²) in [6.45, 7) is 3.48. The number of aromatic amines is 1. The first kappa shape index (κ1) is 15.1. The molecule has 1 fully saturated rings. The number of nitrogens with one attached hydrogen (secondary N) is 1. The summed E-state index contributed by atoms with van der Waals surface area (Å²) in [4.78, 5) is 16.7. The third-order valence-electron chi connectivity index (χ3n) is 3.95. The van der Waals surface area contributed by atoms with Crippen molar-refractivity contribution >= 4 is 17.5 Å². The Morgan fingerprint density at radius 3 is 2.73 bits per heavy atom. The van der Waals surface area contributed by atoms with E-state index in [0.29, 0.717) is 10.7 Å². The molecule has 1 aromatic carbocycles. The Labute approximate surface area is 134 Å². The Morgan fingerprint density at radius 1 is 1.18 bits per heavy atom. The molecule has 6 heteroatoms. The zero-order valence-electron chi connectivity index (χ0n) is 12.6. The molecule has 1 aliphatic heterocycles. The Kier molecular flexibility index (Phi) is 4.45. The minimum atomic E-state index is 0.0167. The number of hydrogen-bond acceptors (Lipinski definition) is 3. The van der Waals surface area contributed by atoms with E-state index in [1.54, 1.807) is 6.07 Å². The zero-order valence-corrected chi connectivity index (χ0v) is 13.3. The van der Waals surface area contributed by atoms with Crippen LogP contribution >= 0.6 is 11.6 Å². The average molecular weight is 319 g/mol. The van der Waals surface area contributed by atoms with E-state index in [1.807, 2.05) is 29.2 Å². The summed E-state index contributed by atoms with van der Waals surface area (Å²) in [5, 5.41) is 7.79. The number of H-pyrrole nitrogens is 1. The van der Waals surface area contributed by atoms with Crippen molar-refractivity contribution in [2.45, 2.75) is 6.42 Å². The number of hydrogen-bond donors (Lipinski definition) is 1. The molecule has 2 aromatic rings. The van der Waals surface area contributed by atoms with Gasteiger partial charge < -0.3 is 9.80 Å². The molecule has 1 aliphatic rings. The first-order valence-electron chi connectivity index (χ1n) is 7.42. The van der Waals surface area contributed by atoms with E-state index in [4.69, 9.17) is 11.6 Å². The van der Waals surface area contributed by atoms with E-state index in [-0.39, 0.29) is 5.91 Å². The molecule has 0 spiro atoms. The van der Waals surface area contributed by atoms with Gasteiger partial charge in [-0.05, 0) is 38.2 Å². The molecular formula is C16H19ClN4O. The van der Waals surface area contributed by atoms with Gasteiger partial charge in [0.2, 0.25) is 0 Å². The van der Waals surface area contributed by atoms with Gasteiger partial charge in [-0.15, -0.1) is 0 Å². The van der Waals surface area contributed by atoms with E-state index in [1.165, 1.54) is 0 Å². The lowest BCUT2D eigenvalue weighted by Gasteiger charge is -2.19. The third kappa shape index (κ3) is 3.31. The van der Waals surface area contributed by atoms with Crippen LogP contribution in [-0.2, 0) is 0 Å². The number of carbonyl (C=O) groups is 1. The van der Waals surface area contributed by atoms with Crippen molar-refractivity contribution in [1.29, 1.82) is 0 Å². The Balaban J connectivity index is 1.75. The highest BCUT2D eigenvalue weighted by atomic mass is 35.5. The molecule has 1 saturated heterocycles. The SMILES string of the molecule is CN1CCCN(C(=O)c2cc(-c3ccc(Cl)cc3)n[nH]2)CC1. The fourth-order valence-corrected chi connectivity index (χ4v) is 2.75. The second-order valence-corrected chi connectivity index (χ2v) is 6.06. The van der Waals surface area contributed by atoms with Crippen LogP contribution in [0.3, 0.4) is 0 Å². The van der Waals surface area contributed by atoms with Gasteiger partial charge in [0.05, 0.1) is 5.69 Å². The Hall–Kier alpha value is -1.85. The Morgan fingerprint density at radius 2 is 1.95 bits per heavy atom. The van der Waals surface area contributed by atoms with Crippen LogP contribution in [0.1, 0.15) is 16.9 Å². The van der Waals surface area contributed by atoms with Crippen molar-refractivity contribution in [3.63, 3.8) is 0 Å². The molecule has 0 radical (unpaired) electrons. The third-order valence-corrected chi connectivity index (χ3v) is 4.21. The van der Waals surface area contributed by atoms with Gasteiger partial charge in [0, 0.05) is 30.2 Å². The fraction of sp³-hybridized carbons (Fsp3) is 0.375. The summed E-state index contributed by atoms with van der Waals surface area (Å²) < 4.78 is 0. The van der Waals surface area contributed by atoms with Crippen LogP contribution in [0.15, 0.2) is 30.3 Å². The van der Waals surface area contributed by atoms with Gasteiger partial charge in [0.25, 0.3) is 5.91 Å². The molecule has 1 aromatic heterocycles. The lowest BCUT2D eigenvalue weighted by molar-refractivity contribution is 0.0757. The molecule has 22 heavy (non-hydrogen) atoms. The van der Waals surface area contributed by atoms with Gasteiger partial charge in [-0.3, -0.25) is 9.89 Å². The lowest BCUT2D eigenvalue weighted by Crippen LogP contribution is -2.34. The fourth-order valence-electron chi connectivity index (χ4n) is 2.62. The lowest BCUT2D eigenvalue weighted by atomic mass is 10.1. The van der Waals surface area contributed by atoms with Gasteiger partial charge in [0.15, 0.2) is 0 Å². The largest absolute Gasteiger partial charge is 0.336 e. The van der Waals surface area contributed by atoms with Crippen LogP contribution in [0.2, 0.25) is 5.02 Å². The Bertz CT molecular complexity index is 652. The predicted molar refractivity (Wildman–Crippen MR) is 87.1 cm³/mol. The summed E-state index contributed by atoms with van der Waals surface area (Å²) in [7, 11) is 2.09. The molecular weight excluding hydrogens is 300 g/mol. The summed E-state index contributed by atoms with van der Waals surface area (Å²) >= 11 is 5.89. The molecule has 0 saturated carbocycles. The number of amides is 1. The normalized spacial score (nSPS) is 16.5. The molecule has 0 aliphatic carbocycles. The molecule has 0 atom stereocenters. The van der Waals surface area contributed by atoms with E-state index >= 15 is 0 Å². The summed E-state index contributed by atoms with van der Waals surface area (Å²) in [6, 6.07) is 9.23. The smallest absolute Gasteiger partial charge is 0.271 e. The highest BCUT2D eigenvalue weighted by Gasteiger charge is 2.20. The summed E-state index contributed by atoms with van der Waals surface area (Å²) in [5.41, 5.74) is 2.23. The number of aromatic nitrogens is 2. The van der Waals surface area contributed by atoms with E-state index in [2.05, 4.69) is 22.1 Å². The van der Waals surface area contributed by atoms with Crippen LogP contribution < -0.4 is 0 Å². The molecule has 0 unspecified atom stereocenters. The highest BCUT2D eigenvalue weighted by Crippen LogP contribution is 2.20. The number of rotatable bonds is 2. The van der Waals surface area contributed by atoms with Crippen molar-refractivity contribution in [1.82, 2.24) is 20.0 Å². The van der Waals surface area contributed by atoms with Crippen LogP contribution in [-0.4, -0.2) is 59.1 Å². The standard InChI is InChI=1S/C16H19ClN4O/c1-20-7-2-8-21(10-9-20)16(22)15-11-14(18-19-15)12-3-5-13(17)6-4-12/h3-6,11H,2,7-10H2,1H3,(H,18,19). The molecule has 1 amide bonds. The monoisotopic (exact) mass is 318 g/mol. The maximum atomic E-state index is 12.6. The van der Waals surface area contributed by atoms with Crippen molar-refractivity contribution in [2.24, 2.45) is 0 Å². The van der Waals surface area contributed by atoms with Gasteiger partial charge in [-0.1, -0.05) is 23.7 Å². The van der Waals surface area contributed by atoms with Crippen LogP contribution in [0, 0.1) is 0 Å². The number of benzene rings is 1. The van der Waals surface area contributed by atoms with Gasteiger partial charge in [-0.25, -0.2) is 0 Å². The molecule has 3 rings (SSSR count). The number of halogens is 1. The van der Waals surface area contributed by atoms with Crippen molar-refractivity contribution in [2.75, 3.05) is 33.2 Å². The molecule has 0 bridgehead atoms. The molecule has 2 heterocycles. The van der Waals surface area contributed by atoms with Gasteiger partial charge in [0.1, 0.15) is 5.69 Å². The number of nitrogens with zero attached hydrogens (tertiary/aromatic N) is 3. The average Bonchev–Trinajstić information content (AvgIpc) is 2.90. The topological polar surface area (TPSA) is 52.2 Å². The maximum absolute atomic E-state index is 12.6. The van der Waals surface area contributed by atoms with Crippen molar-refractivity contribution in [3.05, 3.63) is 41.0 Å². The zero-order chi connectivity index (χ0) is 15.5. The number of carbonyl (C=O) groups excluding carboxylic acids is 1. The quantitative estimate of drug-likeness (QED) is 0.925. The van der Waals surface area contributed by atoms with E-state index in [0.717, 1.165) is 43.9 Å². The predicted octanol–water partition coefficient (Wildman–Crippen LogP) is 2.51. The molecule has 1 N–H and O–H groups in total. The van der Waals surface area contributed by atoms with Crippen LogP contribution in [0.5, 0.6) is 0 Å². The van der Waals surface area contributed by atoms with Crippen LogP contribution in [0.25, 0.3) is 11.3 Å². The van der Waals surface area contributed by atoms with Gasteiger partial charge in [-0.2, -0.15) is 5.10 Å². The van der Waals surface area contributed by atoms with E-state index < -0.39 is 0 Å². The minimum absolute atomic E-state index is 0.0167. The highest BCUT2D eigenvalue weighted by molar-refractivity contribution is 6.30. The second kappa shape index (κ2) is 6.50. The summed E-state index contributed by atoms with van der Waals surface area (Å²) in [6.07, 6.45) is 1.00. The molecule has 116 valence electrons.